The Bertz CT molecular complexity index is 337. The quantitative estimate of drug-likeness (QED) is 0.673. The highest BCUT2D eigenvalue weighted by Gasteiger charge is 2.18. The van der Waals surface area contributed by atoms with Crippen LogP contribution in [0, 0.1) is 11.3 Å². The zero-order valence-electron chi connectivity index (χ0n) is 13.1. The van der Waals surface area contributed by atoms with E-state index in [2.05, 4.69) is 17.9 Å². The molecular weight excluding hydrogens is 268 g/mol. The molecule has 6 heteroatoms. The lowest BCUT2D eigenvalue weighted by Crippen LogP contribution is -2.44. The zero-order valence-corrected chi connectivity index (χ0v) is 13.1. The first-order valence-corrected chi connectivity index (χ1v) is 7.87. The second kappa shape index (κ2) is 10.6. The summed E-state index contributed by atoms with van der Waals surface area (Å²) >= 11 is 0. The Morgan fingerprint density at radius 1 is 1.43 bits per heavy atom. The van der Waals surface area contributed by atoms with Gasteiger partial charge in [-0.25, -0.2) is 0 Å². The van der Waals surface area contributed by atoms with Crippen molar-refractivity contribution in [2.24, 2.45) is 5.73 Å². The van der Waals surface area contributed by atoms with Crippen LogP contribution in [0.15, 0.2) is 0 Å². The molecule has 1 atom stereocenters. The minimum Gasteiger partial charge on any atom is -0.379 e. The lowest BCUT2D eigenvalue weighted by Gasteiger charge is -2.30. The van der Waals surface area contributed by atoms with E-state index in [1.807, 2.05) is 0 Å². The summed E-state index contributed by atoms with van der Waals surface area (Å²) in [6.07, 6.45) is 2.60. The molecule has 0 bridgehead atoms. The molecule has 1 unspecified atom stereocenters. The van der Waals surface area contributed by atoms with Gasteiger partial charge in [-0.15, -0.1) is 0 Å². The molecule has 6 nitrogen and oxygen atoms in total. The summed E-state index contributed by atoms with van der Waals surface area (Å²) in [5.74, 6) is 0.0689. The number of nitrogens with two attached hydrogens (primary N) is 1. The van der Waals surface area contributed by atoms with E-state index in [0.717, 1.165) is 45.7 Å². The Kier molecular flexibility index (Phi) is 8.99. The number of carbonyl (C=O) groups is 1. The molecule has 1 saturated heterocycles. The Balaban J connectivity index is 2.41. The van der Waals surface area contributed by atoms with Crippen LogP contribution >= 0.6 is 0 Å². The van der Waals surface area contributed by atoms with Crippen molar-refractivity contribution < 1.29 is 9.53 Å². The van der Waals surface area contributed by atoms with Crippen LogP contribution in [0.1, 0.15) is 32.6 Å². The molecule has 1 aliphatic heterocycles. The SMILES string of the molecule is CCCC(N)CC(=O)N(CCC#N)CCN1CCOCC1. The van der Waals surface area contributed by atoms with Crippen LogP contribution in [0.5, 0.6) is 0 Å². The van der Waals surface area contributed by atoms with Crippen LogP contribution in [-0.2, 0) is 9.53 Å². The largest absolute Gasteiger partial charge is 0.379 e. The topological polar surface area (TPSA) is 82.6 Å². The lowest BCUT2D eigenvalue weighted by molar-refractivity contribution is -0.131. The molecule has 0 spiro atoms. The minimum absolute atomic E-state index is 0.0689. The molecule has 1 amide bonds. The molecule has 2 N–H and O–H groups in total. The molecule has 1 aliphatic rings. The smallest absolute Gasteiger partial charge is 0.224 e. The number of morpholine rings is 1. The number of hydrogen-bond acceptors (Lipinski definition) is 5. The summed E-state index contributed by atoms with van der Waals surface area (Å²) in [4.78, 5) is 16.4. The average Bonchev–Trinajstić information content (AvgIpc) is 2.48. The number of rotatable bonds is 9. The van der Waals surface area contributed by atoms with E-state index in [-0.39, 0.29) is 11.9 Å². The molecule has 21 heavy (non-hydrogen) atoms. The molecule has 120 valence electrons. The normalized spacial score (nSPS) is 17.2. The molecular formula is C15H28N4O2. The maximum Gasteiger partial charge on any atom is 0.224 e. The first-order chi connectivity index (χ1) is 10.2. The second-order valence-electron chi connectivity index (χ2n) is 5.50. The van der Waals surface area contributed by atoms with Gasteiger partial charge in [0.15, 0.2) is 0 Å². The zero-order chi connectivity index (χ0) is 15.5. The van der Waals surface area contributed by atoms with Crippen LogP contribution < -0.4 is 5.73 Å². The van der Waals surface area contributed by atoms with Crippen LogP contribution in [0.3, 0.4) is 0 Å². The van der Waals surface area contributed by atoms with Crippen molar-refractivity contribution in [3.8, 4) is 6.07 Å². The van der Waals surface area contributed by atoms with Crippen molar-refractivity contribution in [1.82, 2.24) is 9.80 Å². The summed E-state index contributed by atoms with van der Waals surface area (Å²) in [5.41, 5.74) is 5.95. The highest BCUT2D eigenvalue weighted by Crippen LogP contribution is 2.05. The van der Waals surface area contributed by atoms with Crippen LogP contribution in [0.4, 0.5) is 0 Å². The molecule has 0 aromatic rings. The number of amides is 1. The lowest BCUT2D eigenvalue weighted by atomic mass is 10.1. The maximum atomic E-state index is 12.3. The number of nitriles is 1. The van der Waals surface area contributed by atoms with E-state index < -0.39 is 0 Å². The predicted molar refractivity (Wildman–Crippen MR) is 81.6 cm³/mol. The molecule has 1 rings (SSSR count). The van der Waals surface area contributed by atoms with Gasteiger partial charge in [0, 0.05) is 45.2 Å². The Morgan fingerprint density at radius 3 is 2.76 bits per heavy atom. The maximum absolute atomic E-state index is 12.3. The van der Waals surface area contributed by atoms with E-state index in [1.165, 1.54) is 0 Å². The van der Waals surface area contributed by atoms with Crippen molar-refractivity contribution in [1.29, 1.82) is 5.26 Å². The van der Waals surface area contributed by atoms with Gasteiger partial charge in [-0.1, -0.05) is 13.3 Å². The molecule has 0 aromatic heterocycles. The van der Waals surface area contributed by atoms with Gasteiger partial charge in [0.05, 0.1) is 25.7 Å². The molecule has 0 radical (unpaired) electrons. The fourth-order valence-corrected chi connectivity index (χ4v) is 2.46. The third-order valence-electron chi connectivity index (χ3n) is 3.73. The molecule has 0 saturated carbocycles. The fraction of sp³-hybridized carbons (Fsp3) is 0.867. The number of ether oxygens (including phenoxy) is 1. The number of hydrogen-bond donors (Lipinski definition) is 1. The molecule has 0 aliphatic carbocycles. The standard InChI is InChI=1S/C15H28N4O2/c1-2-4-14(17)13-15(20)19(6-3-5-16)8-7-18-9-11-21-12-10-18/h14H,2-4,6-13,17H2,1H3. The van der Waals surface area contributed by atoms with Gasteiger partial charge in [0.25, 0.3) is 0 Å². The van der Waals surface area contributed by atoms with E-state index in [4.69, 9.17) is 15.7 Å². The molecule has 1 fully saturated rings. The summed E-state index contributed by atoms with van der Waals surface area (Å²) in [6.45, 7) is 7.41. The highest BCUT2D eigenvalue weighted by molar-refractivity contribution is 5.76. The van der Waals surface area contributed by atoms with Crippen molar-refractivity contribution >= 4 is 5.91 Å². The predicted octanol–water partition coefficient (Wildman–Crippen LogP) is 0.578. The van der Waals surface area contributed by atoms with Crippen LogP contribution in [0.25, 0.3) is 0 Å². The van der Waals surface area contributed by atoms with Gasteiger partial charge < -0.3 is 15.4 Å². The summed E-state index contributed by atoms with van der Waals surface area (Å²) in [6, 6.07) is 2.04. The number of carbonyl (C=O) groups excluding carboxylic acids is 1. The average molecular weight is 296 g/mol. The Labute approximate surface area is 127 Å². The van der Waals surface area contributed by atoms with Crippen molar-refractivity contribution in [3.05, 3.63) is 0 Å². The summed E-state index contributed by atoms with van der Waals surface area (Å²) in [7, 11) is 0. The highest BCUT2D eigenvalue weighted by atomic mass is 16.5. The van der Waals surface area contributed by atoms with Crippen molar-refractivity contribution in [2.45, 2.75) is 38.6 Å². The van der Waals surface area contributed by atoms with Gasteiger partial charge in [-0.3, -0.25) is 9.69 Å². The second-order valence-corrected chi connectivity index (χ2v) is 5.50. The van der Waals surface area contributed by atoms with Gasteiger partial charge in [0.1, 0.15) is 0 Å². The number of nitrogens with zero attached hydrogens (tertiary/aromatic N) is 3. The monoisotopic (exact) mass is 296 g/mol. The third-order valence-corrected chi connectivity index (χ3v) is 3.73. The van der Waals surface area contributed by atoms with Crippen molar-refractivity contribution in [2.75, 3.05) is 45.9 Å². The minimum atomic E-state index is -0.0736. The van der Waals surface area contributed by atoms with E-state index >= 15 is 0 Å². The molecule has 0 aromatic carbocycles. The first kappa shape index (κ1) is 17.9. The van der Waals surface area contributed by atoms with Gasteiger partial charge in [-0.05, 0) is 6.42 Å². The Hall–Kier alpha value is -1.16. The molecule has 1 heterocycles. The fourth-order valence-electron chi connectivity index (χ4n) is 2.46. The summed E-state index contributed by atoms with van der Waals surface area (Å²) in [5, 5.41) is 8.74. The summed E-state index contributed by atoms with van der Waals surface area (Å²) < 4.78 is 5.32. The van der Waals surface area contributed by atoms with Gasteiger partial charge in [-0.2, -0.15) is 5.26 Å². The van der Waals surface area contributed by atoms with Crippen LogP contribution in [0.2, 0.25) is 0 Å². The van der Waals surface area contributed by atoms with Gasteiger partial charge in [0.2, 0.25) is 5.91 Å². The van der Waals surface area contributed by atoms with E-state index in [9.17, 15) is 4.79 Å². The first-order valence-electron chi connectivity index (χ1n) is 7.87. The van der Waals surface area contributed by atoms with E-state index in [1.54, 1.807) is 4.90 Å². The Morgan fingerprint density at radius 2 is 2.14 bits per heavy atom. The third kappa shape index (κ3) is 7.42. The van der Waals surface area contributed by atoms with Crippen LogP contribution in [-0.4, -0.2) is 67.7 Å². The van der Waals surface area contributed by atoms with Crippen molar-refractivity contribution in [3.63, 3.8) is 0 Å². The van der Waals surface area contributed by atoms with Gasteiger partial charge >= 0.3 is 0 Å². The van der Waals surface area contributed by atoms with E-state index in [0.29, 0.717) is 25.9 Å².